The van der Waals surface area contributed by atoms with Crippen molar-refractivity contribution in [3.05, 3.63) is 30.4 Å². The fourth-order valence-electron chi connectivity index (χ4n) is 1.22. The zero-order valence-corrected chi connectivity index (χ0v) is 8.11. The number of aryl methyl sites for hydroxylation is 1. The summed E-state index contributed by atoms with van der Waals surface area (Å²) in [6.45, 7) is 1.94. The van der Waals surface area contributed by atoms with Crippen molar-refractivity contribution >= 4 is 5.82 Å². The molecule has 4 nitrogen and oxygen atoms in total. The molecule has 0 fully saturated rings. The molecule has 2 heterocycles. The van der Waals surface area contributed by atoms with Crippen LogP contribution in [0, 0.1) is 6.92 Å². The van der Waals surface area contributed by atoms with E-state index in [-0.39, 0.29) is 0 Å². The van der Waals surface area contributed by atoms with Crippen molar-refractivity contribution in [2.75, 3.05) is 12.4 Å². The molecule has 0 spiro atoms. The van der Waals surface area contributed by atoms with Gasteiger partial charge in [-0.2, -0.15) is 0 Å². The molecule has 0 aliphatic carbocycles. The van der Waals surface area contributed by atoms with Crippen LogP contribution in [0.4, 0.5) is 5.82 Å². The summed E-state index contributed by atoms with van der Waals surface area (Å²) in [5.41, 5.74) is 1.82. The number of anilines is 1. The third-order valence-corrected chi connectivity index (χ3v) is 1.89. The van der Waals surface area contributed by atoms with E-state index in [1.165, 1.54) is 0 Å². The average Bonchev–Trinajstić information content (AvgIpc) is 2.69. The predicted molar refractivity (Wildman–Crippen MR) is 54.0 cm³/mol. The summed E-state index contributed by atoms with van der Waals surface area (Å²) < 4.78 is 4.98. The van der Waals surface area contributed by atoms with Crippen molar-refractivity contribution in [1.29, 1.82) is 0 Å². The second-order valence-corrected chi connectivity index (χ2v) is 2.98. The maximum Gasteiger partial charge on any atom is 0.164 e. The zero-order chi connectivity index (χ0) is 9.97. The average molecular weight is 189 g/mol. The number of furan rings is 1. The lowest BCUT2D eigenvalue weighted by Crippen LogP contribution is -1.97. The normalized spacial score (nSPS) is 10.1. The molecule has 0 saturated heterocycles. The molecule has 0 atom stereocenters. The van der Waals surface area contributed by atoms with Gasteiger partial charge in [-0.3, -0.25) is 0 Å². The molecule has 2 rings (SSSR count). The highest BCUT2D eigenvalue weighted by Gasteiger charge is 2.04. The van der Waals surface area contributed by atoms with Gasteiger partial charge in [-0.1, -0.05) is 0 Å². The molecule has 2 aromatic heterocycles. The molecule has 72 valence electrons. The first kappa shape index (κ1) is 8.74. The standard InChI is InChI=1S/C10H11N3O/c1-7-5-9(11-2)13-10(12-7)8-3-4-14-6-8/h3-6H,1-2H3,(H,11,12,13). The molecule has 0 bridgehead atoms. The van der Waals surface area contributed by atoms with E-state index < -0.39 is 0 Å². The van der Waals surface area contributed by atoms with E-state index >= 15 is 0 Å². The van der Waals surface area contributed by atoms with Gasteiger partial charge in [-0.15, -0.1) is 0 Å². The van der Waals surface area contributed by atoms with E-state index in [9.17, 15) is 0 Å². The first-order chi connectivity index (χ1) is 6.79. The topological polar surface area (TPSA) is 51.0 Å². The highest BCUT2D eigenvalue weighted by Crippen LogP contribution is 2.17. The van der Waals surface area contributed by atoms with Gasteiger partial charge in [-0.05, 0) is 13.0 Å². The van der Waals surface area contributed by atoms with Gasteiger partial charge >= 0.3 is 0 Å². The Morgan fingerprint density at radius 1 is 1.36 bits per heavy atom. The lowest BCUT2D eigenvalue weighted by Gasteiger charge is -2.02. The van der Waals surface area contributed by atoms with Crippen molar-refractivity contribution in [3.63, 3.8) is 0 Å². The minimum atomic E-state index is 0.683. The van der Waals surface area contributed by atoms with Crippen LogP contribution in [-0.2, 0) is 0 Å². The van der Waals surface area contributed by atoms with Crippen molar-refractivity contribution in [1.82, 2.24) is 9.97 Å². The lowest BCUT2D eigenvalue weighted by atomic mass is 10.3. The summed E-state index contributed by atoms with van der Waals surface area (Å²) in [6, 6.07) is 3.73. The van der Waals surface area contributed by atoms with Gasteiger partial charge in [0.1, 0.15) is 12.1 Å². The van der Waals surface area contributed by atoms with Crippen LogP contribution < -0.4 is 5.32 Å². The smallest absolute Gasteiger partial charge is 0.164 e. The van der Waals surface area contributed by atoms with E-state index in [1.807, 2.05) is 26.1 Å². The third-order valence-electron chi connectivity index (χ3n) is 1.89. The Bertz CT molecular complexity index is 423. The number of nitrogens with one attached hydrogen (secondary N) is 1. The number of hydrogen-bond acceptors (Lipinski definition) is 4. The highest BCUT2D eigenvalue weighted by atomic mass is 16.3. The maximum absolute atomic E-state index is 4.98. The van der Waals surface area contributed by atoms with Gasteiger partial charge in [0.15, 0.2) is 5.82 Å². The van der Waals surface area contributed by atoms with Crippen LogP contribution in [0.15, 0.2) is 29.1 Å². The fraction of sp³-hybridized carbons (Fsp3) is 0.200. The molecule has 0 aliphatic rings. The zero-order valence-electron chi connectivity index (χ0n) is 8.11. The van der Waals surface area contributed by atoms with E-state index in [2.05, 4.69) is 15.3 Å². The monoisotopic (exact) mass is 189 g/mol. The molecule has 0 saturated carbocycles. The van der Waals surface area contributed by atoms with Crippen LogP contribution >= 0.6 is 0 Å². The van der Waals surface area contributed by atoms with Gasteiger partial charge in [0.2, 0.25) is 0 Å². The van der Waals surface area contributed by atoms with Gasteiger partial charge in [0.05, 0.1) is 11.8 Å². The summed E-state index contributed by atoms with van der Waals surface area (Å²) in [5, 5.41) is 2.99. The largest absolute Gasteiger partial charge is 0.472 e. The molecule has 0 unspecified atom stereocenters. The minimum Gasteiger partial charge on any atom is -0.472 e. The third kappa shape index (κ3) is 1.59. The first-order valence-corrected chi connectivity index (χ1v) is 4.35. The van der Waals surface area contributed by atoms with Gasteiger partial charge in [-0.25, -0.2) is 9.97 Å². The predicted octanol–water partition coefficient (Wildman–Crippen LogP) is 2.09. The molecule has 0 aliphatic heterocycles. The summed E-state index contributed by atoms with van der Waals surface area (Å²) in [4.78, 5) is 8.63. The van der Waals surface area contributed by atoms with Crippen molar-refractivity contribution in [2.24, 2.45) is 0 Å². The molecular formula is C10H11N3O. The molecule has 0 radical (unpaired) electrons. The molecule has 2 aromatic rings. The summed E-state index contributed by atoms with van der Waals surface area (Å²) in [6.07, 6.45) is 3.24. The van der Waals surface area contributed by atoms with Gasteiger partial charge in [0.25, 0.3) is 0 Å². The van der Waals surface area contributed by atoms with E-state index in [0.29, 0.717) is 5.82 Å². The fourth-order valence-corrected chi connectivity index (χ4v) is 1.22. The van der Waals surface area contributed by atoms with Gasteiger partial charge < -0.3 is 9.73 Å². The Morgan fingerprint density at radius 2 is 2.21 bits per heavy atom. The summed E-state index contributed by atoms with van der Waals surface area (Å²) in [7, 11) is 1.83. The minimum absolute atomic E-state index is 0.683. The van der Waals surface area contributed by atoms with E-state index in [4.69, 9.17) is 4.42 Å². The van der Waals surface area contributed by atoms with Crippen molar-refractivity contribution in [3.8, 4) is 11.4 Å². The Balaban J connectivity index is 2.48. The second-order valence-electron chi connectivity index (χ2n) is 2.98. The number of aromatic nitrogens is 2. The number of nitrogens with zero attached hydrogens (tertiary/aromatic N) is 2. The Morgan fingerprint density at radius 3 is 2.86 bits per heavy atom. The Labute approximate surface area is 82.0 Å². The number of hydrogen-bond donors (Lipinski definition) is 1. The maximum atomic E-state index is 4.98. The van der Waals surface area contributed by atoms with Crippen LogP contribution in [-0.4, -0.2) is 17.0 Å². The lowest BCUT2D eigenvalue weighted by molar-refractivity contribution is 0.568. The Hall–Kier alpha value is -1.84. The summed E-state index contributed by atoms with van der Waals surface area (Å²) >= 11 is 0. The number of rotatable bonds is 2. The molecule has 0 amide bonds. The van der Waals surface area contributed by atoms with E-state index in [0.717, 1.165) is 17.1 Å². The summed E-state index contributed by atoms with van der Waals surface area (Å²) in [5.74, 6) is 1.50. The first-order valence-electron chi connectivity index (χ1n) is 4.35. The van der Waals surface area contributed by atoms with E-state index in [1.54, 1.807) is 12.5 Å². The molecule has 0 aromatic carbocycles. The van der Waals surface area contributed by atoms with Crippen LogP contribution in [0.1, 0.15) is 5.69 Å². The SMILES string of the molecule is CNc1cc(C)nc(-c2ccoc2)n1. The van der Waals surface area contributed by atoms with Crippen LogP contribution in [0.3, 0.4) is 0 Å². The molecule has 4 heteroatoms. The second kappa shape index (κ2) is 3.49. The molecule has 1 N–H and O–H groups in total. The van der Waals surface area contributed by atoms with Crippen molar-refractivity contribution in [2.45, 2.75) is 6.92 Å². The Kier molecular flexibility index (Phi) is 2.18. The highest BCUT2D eigenvalue weighted by molar-refractivity contribution is 5.55. The van der Waals surface area contributed by atoms with Crippen LogP contribution in [0.5, 0.6) is 0 Å². The van der Waals surface area contributed by atoms with Gasteiger partial charge in [0, 0.05) is 18.8 Å². The van der Waals surface area contributed by atoms with Crippen molar-refractivity contribution < 1.29 is 4.42 Å². The quantitative estimate of drug-likeness (QED) is 0.785. The van der Waals surface area contributed by atoms with Crippen LogP contribution in [0.2, 0.25) is 0 Å². The van der Waals surface area contributed by atoms with Crippen LogP contribution in [0.25, 0.3) is 11.4 Å². The molecular weight excluding hydrogens is 178 g/mol. The molecule has 14 heavy (non-hydrogen) atoms.